The number of nitrogens with zero attached hydrogens (tertiary/aromatic N) is 1. The second-order valence-electron chi connectivity index (χ2n) is 19.1. The summed E-state index contributed by atoms with van der Waals surface area (Å²) in [5.74, 6) is -1.51. The Morgan fingerprint density at radius 3 is 1.20 bits per heavy atom. The van der Waals surface area contributed by atoms with E-state index < -0.39 is 18.1 Å². The molecular weight excluding hydrogens is 859 g/mol. The molecular formula is C61H102NO7+. The summed E-state index contributed by atoms with van der Waals surface area (Å²) in [4.78, 5) is 37.3. The van der Waals surface area contributed by atoms with Gasteiger partial charge in [-0.3, -0.25) is 9.59 Å². The molecule has 0 aliphatic carbocycles. The Kier molecular flexibility index (Phi) is 47.5. The van der Waals surface area contributed by atoms with Crippen LogP contribution in [0, 0.1) is 0 Å². The number of carboxylic acids is 1. The van der Waals surface area contributed by atoms with Gasteiger partial charge in [-0.2, -0.15) is 0 Å². The van der Waals surface area contributed by atoms with E-state index in [9.17, 15) is 19.5 Å². The van der Waals surface area contributed by atoms with Gasteiger partial charge in [-0.25, -0.2) is 4.79 Å². The Bertz CT molecular complexity index is 1490. The van der Waals surface area contributed by atoms with Gasteiger partial charge in [0.25, 0.3) is 0 Å². The van der Waals surface area contributed by atoms with E-state index >= 15 is 0 Å². The monoisotopic (exact) mass is 961 g/mol. The van der Waals surface area contributed by atoms with Crippen LogP contribution in [0.1, 0.15) is 206 Å². The summed E-state index contributed by atoms with van der Waals surface area (Å²) in [5, 5.41) is 9.67. The average molecular weight is 961 g/mol. The third-order valence-electron chi connectivity index (χ3n) is 11.7. The molecule has 8 nitrogen and oxygen atoms in total. The highest BCUT2D eigenvalue weighted by molar-refractivity contribution is 5.72. The highest BCUT2D eigenvalue weighted by atomic mass is 16.6. The van der Waals surface area contributed by atoms with Gasteiger partial charge in [0, 0.05) is 19.3 Å². The van der Waals surface area contributed by atoms with E-state index in [1.54, 1.807) is 0 Å². The number of hydrogen-bond donors (Lipinski definition) is 1. The molecule has 0 aromatic carbocycles. The van der Waals surface area contributed by atoms with E-state index in [1.165, 1.54) is 64.2 Å². The second kappa shape index (κ2) is 50.4. The Morgan fingerprint density at radius 1 is 0.449 bits per heavy atom. The topological polar surface area (TPSA) is 99.1 Å². The first-order valence-electron chi connectivity index (χ1n) is 27.4. The third kappa shape index (κ3) is 48.8. The van der Waals surface area contributed by atoms with Crippen LogP contribution in [0.3, 0.4) is 0 Å². The predicted octanol–water partition coefficient (Wildman–Crippen LogP) is 16.4. The fourth-order valence-corrected chi connectivity index (χ4v) is 7.45. The molecule has 0 aliphatic rings. The fourth-order valence-electron chi connectivity index (χ4n) is 7.45. The lowest BCUT2D eigenvalue weighted by Gasteiger charge is -2.31. The summed E-state index contributed by atoms with van der Waals surface area (Å²) in [6, 6.07) is -0.628. The van der Waals surface area contributed by atoms with Gasteiger partial charge in [-0.1, -0.05) is 194 Å². The number of aliphatic carboxylic acids is 1. The Hall–Kier alpha value is -4.01. The summed E-state index contributed by atoms with van der Waals surface area (Å²) in [6.07, 6.45) is 69.9. The summed E-state index contributed by atoms with van der Waals surface area (Å²) in [6.45, 7) is 4.56. The number of carboxylic acid groups (broad SMARTS) is 1. The first-order valence-corrected chi connectivity index (χ1v) is 27.4. The molecule has 0 aromatic heterocycles. The van der Waals surface area contributed by atoms with Crippen molar-refractivity contribution < 1.29 is 38.2 Å². The molecule has 392 valence electrons. The standard InChI is InChI=1S/C61H101NO7/c1-6-8-10-12-14-16-18-20-22-24-26-28-30-32-33-35-37-39-41-43-45-47-49-51-59(63)68-56-57(55-67-54-53-58(61(65)66)62(3,4)5)69-60(64)52-50-48-46-44-42-40-38-36-34-31-29-27-25-23-21-19-17-15-13-11-9-7-2/h8,10,14-17,20-23,26-29,32-33,37,39,57-58H,6-7,9,11-13,18-19,24-25,30-31,34-36,38,40-56H2,1-5H3/p+1/b10-8+,16-14+,17-15+,22-20+,23-21+,28-26+,29-27+,33-32+,39-37+. The highest BCUT2D eigenvalue weighted by Gasteiger charge is 2.31. The normalized spacial score (nSPS) is 13.7. The third-order valence-corrected chi connectivity index (χ3v) is 11.7. The molecule has 1 N–H and O–H groups in total. The minimum Gasteiger partial charge on any atom is -0.477 e. The Balaban J connectivity index is 4.30. The Labute approximate surface area is 423 Å². The van der Waals surface area contributed by atoms with Crippen LogP contribution < -0.4 is 0 Å². The highest BCUT2D eigenvalue weighted by Crippen LogP contribution is 2.14. The van der Waals surface area contributed by atoms with Gasteiger partial charge in [-0.05, 0) is 103 Å². The molecule has 0 rings (SSSR count). The number of quaternary nitrogens is 1. The van der Waals surface area contributed by atoms with Crippen molar-refractivity contribution in [1.82, 2.24) is 0 Å². The average Bonchev–Trinajstić information content (AvgIpc) is 3.31. The van der Waals surface area contributed by atoms with Crippen LogP contribution in [0.25, 0.3) is 0 Å². The summed E-state index contributed by atoms with van der Waals surface area (Å²) >= 11 is 0. The zero-order valence-corrected chi connectivity index (χ0v) is 44.7. The number of carbonyl (C=O) groups is 3. The molecule has 0 radical (unpaired) electrons. The van der Waals surface area contributed by atoms with Crippen molar-refractivity contribution in [2.45, 2.75) is 219 Å². The van der Waals surface area contributed by atoms with Crippen molar-refractivity contribution in [3.63, 3.8) is 0 Å². The Morgan fingerprint density at radius 2 is 0.812 bits per heavy atom. The minimum atomic E-state index is -0.883. The maximum atomic E-state index is 12.8. The number of allylic oxidation sites excluding steroid dienone is 18. The number of likely N-dealkylation sites (N-methyl/N-ethyl adjacent to an activating group) is 1. The number of unbranched alkanes of at least 4 members (excludes halogenated alkanes) is 16. The summed E-state index contributed by atoms with van der Waals surface area (Å²) < 4.78 is 17.4. The molecule has 0 amide bonds. The lowest BCUT2D eigenvalue weighted by molar-refractivity contribution is -0.887. The van der Waals surface area contributed by atoms with Gasteiger partial charge in [-0.15, -0.1) is 0 Å². The van der Waals surface area contributed by atoms with Crippen molar-refractivity contribution in [1.29, 1.82) is 0 Å². The maximum Gasteiger partial charge on any atom is 0.362 e. The van der Waals surface area contributed by atoms with Crippen LogP contribution in [0.5, 0.6) is 0 Å². The van der Waals surface area contributed by atoms with E-state index in [0.29, 0.717) is 19.3 Å². The van der Waals surface area contributed by atoms with Crippen LogP contribution in [0.15, 0.2) is 109 Å². The van der Waals surface area contributed by atoms with E-state index in [2.05, 4.69) is 123 Å². The lowest BCUT2D eigenvalue weighted by atomic mass is 10.1. The molecule has 0 heterocycles. The minimum absolute atomic E-state index is 0.0437. The van der Waals surface area contributed by atoms with Gasteiger partial charge in [0.2, 0.25) is 0 Å². The molecule has 0 aromatic rings. The quantitative estimate of drug-likeness (QED) is 0.0281. The van der Waals surface area contributed by atoms with Gasteiger partial charge in [0.05, 0.1) is 34.4 Å². The molecule has 0 aliphatic heterocycles. The molecule has 2 atom stereocenters. The zero-order valence-electron chi connectivity index (χ0n) is 44.7. The van der Waals surface area contributed by atoms with Gasteiger partial charge in [0.15, 0.2) is 12.1 Å². The molecule has 2 unspecified atom stereocenters. The van der Waals surface area contributed by atoms with Crippen molar-refractivity contribution in [2.75, 3.05) is 41.0 Å². The number of hydrogen-bond acceptors (Lipinski definition) is 6. The van der Waals surface area contributed by atoms with Gasteiger partial charge in [0.1, 0.15) is 6.61 Å². The molecule has 0 fully saturated rings. The van der Waals surface area contributed by atoms with Crippen LogP contribution >= 0.6 is 0 Å². The van der Waals surface area contributed by atoms with Crippen molar-refractivity contribution >= 4 is 17.9 Å². The fraction of sp³-hybridized carbons (Fsp3) is 0.656. The number of esters is 2. The van der Waals surface area contributed by atoms with Crippen molar-refractivity contribution in [3.05, 3.63) is 109 Å². The lowest BCUT2D eigenvalue weighted by Crippen LogP contribution is -2.50. The van der Waals surface area contributed by atoms with Gasteiger partial charge >= 0.3 is 17.9 Å². The maximum absolute atomic E-state index is 12.8. The van der Waals surface area contributed by atoms with E-state index in [1.807, 2.05) is 21.1 Å². The molecule has 0 saturated heterocycles. The van der Waals surface area contributed by atoms with Crippen molar-refractivity contribution in [3.8, 4) is 0 Å². The summed E-state index contributed by atoms with van der Waals surface area (Å²) in [7, 11) is 5.52. The van der Waals surface area contributed by atoms with E-state index in [0.717, 1.165) is 109 Å². The molecule has 0 saturated carbocycles. The van der Waals surface area contributed by atoms with Crippen LogP contribution in [0.4, 0.5) is 0 Å². The van der Waals surface area contributed by atoms with Crippen LogP contribution in [0.2, 0.25) is 0 Å². The molecule has 8 heteroatoms. The van der Waals surface area contributed by atoms with Crippen LogP contribution in [-0.2, 0) is 28.6 Å². The van der Waals surface area contributed by atoms with Crippen molar-refractivity contribution in [2.24, 2.45) is 0 Å². The summed E-state index contributed by atoms with van der Waals surface area (Å²) in [5.41, 5.74) is 0. The number of rotatable bonds is 48. The molecule has 0 spiro atoms. The second-order valence-corrected chi connectivity index (χ2v) is 19.1. The zero-order chi connectivity index (χ0) is 50.6. The molecule has 69 heavy (non-hydrogen) atoms. The van der Waals surface area contributed by atoms with Gasteiger partial charge < -0.3 is 23.8 Å². The smallest absolute Gasteiger partial charge is 0.362 e. The largest absolute Gasteiger partial charge is 0.477 e. The first kappa shape index (κ1) is 65.0. The SMILES string of the molecule is CC/C=C/C/C=C/C/C=C/C/C=C/C/C=C/C/C=C/CCCCCCC(=O)OCC(COCCC(C(=O)O)[N+](C)(C)C)OC(=O)CCCCCCCCCCC/C=C/C/C=C/C/C=C/CCCCC. The van der Waals surface area contributed by atoms with Crippen LogP contribution in [-0.4, -0.2) is 80.6 Å². The number of ether oxygens (including phenoxy) is 3. The van der Waals surface area contributed by atoms with E-state index in [4.69, 9.17) is 14.2 Å². The number of carbonyl (C=O) groups excluding carboxylic acids is 2. The first-order chi connectivity index (χ1) is 33.6. The van der Waals surface area contributed by atoms with E-state index in [-0.39, 0.29) is 36.2 Å². The molecule has 0 bridgehead atoms. The predicted molar refractivity (Wildman–Crippen MR) is 293 cm³/mol.